The number of amides is 2. The second-order valence-corrected chi connectivity index (χ2v) is 7.39. The number of rotatable bonds is 3. The summed E-state index contributed by atoms with van der Waals surface area (Å²) in [6.45, 7) is 8.01. The van der Waals surface area contributed by atoms with Gasteiger partial charge in [-0.05, 0) is 63.8 Å². The van der Waals surface area contributed by atoms with Gasteiger partial charge in [0.05, 0.1) is 6.04 Å². The average molecular weight is 348 g/mol. The molecule has 0 aliphatic heterocycles. The van der Waals surface area contributed by atoms with E-state index in [9.17, 15) is 9.59 Å². The van der Waals surface area contributed by atoms with Gasteiger partial charge in [-0.2, -0.15) is 0 Å². The van der Waals surface area contributed by atoms with Gasteiger partial charge in [0.25, 0.3) is 0 Å². The molecule has 0 fully saturated rings. The average Bonchev–Trinajstić information content (AvgIpc) is 2.94. The second kappa shape index (κ2) is 7.33. The van der Waals surface area contributed by atoms with Crippen LogP contribution in [-0.2, 0) is 11.2 Å². The van der Waals surface area contributed by atoms with E-state index in [2.05, 4.69) is 0 Å². The van der Waals surface area contributed by atoms with E-state index < -0.39 is 11.7 Å². The number of hydrogen-bond acceptors (Lipinski definition) is 4. The van der Waals surface area contributed by atoms with E-state index in [1.807, 2.05) is 39.8 Å². The molecule has 0 saturated heterocycles. The lowest BCUT2D eigenvalue weighted by atomic mass is 10.1. The van der Waals surface area contributed by atoms with Crippen molar-refractivity contribution in [1.29, 1.82) is 0 Å². The van der Waals surface area contributed by atoms with E-state index in [0.29, 0.717) is 12.3 Å². The van der Waals surface area contributed by atoms with Crippen LogP contribution in [0.3, 0.4) is 0 Å². The molecule has 1 aromatic rings. The summed E-state index contributed by atoms with van der Waals surface area (Å²) < 4.78 is 10.9. The van der Waals surface area contributed by atoms with E-state index in [1.165, 1.54) is 10.5 Å². The number of nitrogens with zero attached hydrogens (tertiary/aromatic N) is 2. The molecule has 0 saturated carbocycles. The first-order valence-electron chi connectivity index (χ1n) is 8.64. The largest absolute Gasteiger partial charge is 0.444 e. The van der Waals surface area contributed by atoms with Crippen molar-refractivity contribution in [1.82, 2.24) is 9.80 Å². The fraction of sp³-hybridized carbons (Fsp3) is 0.579. The van der Waals surface area contributed by atoms with Gasteiger partial charge in [-0.1, -0.05) is 6.07 Å². The third-order valence-corrected chi connectivity index (χ3v) is 4.30. The molecule has 1 atom stereocenters. The van der Waals surface area contributed by atoms with E-state index in [0.717, 1.165) is 18.4 Å². The smallest absolute Gasteiger partial charge is 0.414 e. The first-order valence-corrected chi connectivity index (χ1v) is 8.64. The van der Waals surface area contributed by atoms with Crippen molar-refractivity contribution in [2.75, 3.05) is 20.6 Å². The van der Waals surface area contributed by atoms with Crippen LogP contribution >= 0.6 is 0 Å². The molecule has 0 spiro atoms. The highest BCUT2D eigenvalue weighted by atomic mass is 16.6. The van der Waals surface area contributed by atoms with Crippen molar-refractivity contribution in [3.05, 3.63) is 29.3 Å². The zero-order chi connectivity index (χ0) is 18.8. The molecule has 1 aliphatic rings. The molecule has 6 heteroatoms. The predicted molar refractivity (Wildman–Crippen MR) is 95.8 cm³/mol. The Labute approximate surface area is 149 Å². The maximum Gasteiger partial charge on any atom is 0.414 e. The molecular formula is C19H28N2O4. The van der Waals surface area contributed by atoms with Gasteiger partial charge in [0.1, 0.15) is 11.4 Å². The van der Waals surface area contributed by atoms with Crippen molar-refractivity contribution < 1.29 is 19.1 Å². The zero-order valence-electron chi connectivity index (χ0n) is 16.0. The van der Waals surface area contributed by atoms with E-state index in [-0.39, 0.29) is 12.1 Å². The van der Waals surface area contributed by atoms with Gasteiger partial charge in [-0.3, -0.25) is 0 Å². The maximum atomic E-state index is 12.4. The van der Waals surface area contributed by atoms with Crippen molar-refractivity contribution >= 4 is 12.2 Å². The van der Waals surface area contributed by atoms with Crippen molar-refractivity contribution in [3.63, 3.8) is 0 Å². The fourth-order valence-electron chi connectivity index (χ4n) is 2.79. The molecular weight excluding hydrogens is 320 g/mol. The van der Waals surface area contributed by atoms with Crippen molar-refractivity contribution in [2.24, 2.45) is 0 Å². The quantitative estimate of drug-likeness (QED) is 0.829. The Bertz CT molecular complexity index is 651. The lowest BCUT2D eigenvalue weighted by molar-refractivity contribution is 0.0220. The SMILES string of the molecule is CCN(C)C(=O)Oc1ccc2c(c1)C(N(C)C(=O)OC(C)(C)C)CC2. The molecule has 0 aromatic heterocycles. The maximum absolute atomic E-state index is 12.4. The summed E-state index contributed by atoms with van der Waals surface area (Å²) in [6, 6.07) is 5.55. The number of carbonyl (C=O) groups is 2. The molecule has 2 rings (SSSR count). The minimum atomic E-state index is -0.533. The summed E-state index contributed by atoms with van der Waals surface area (Å²) >= 11 is 0. The van der Waals surface area contributed by atoms with Crippen molar-refractivity contribution in [3.8, 4) is 5.75 Å². The zero-order valence-corrected chi connectivity index (χ0v) is 16.0. The van der Waals surface area contributed by atoms with Crippen LogP contribution in [0.15, 0.2) is 18.2 Å². The molecule has 0 bridgehead atoms. The highest BCUT2D eigenvalue weighted by Gasteiger charge is 2.31. The minimum absolute atomic E-state index is 0.0765. The monoisotopic (exact) mass is 348 g/mol. The number of carbonyl (C=O) groups excluding carboxylic acids is 2. The van der Waals surface area contributed by atoms with Crippen LogP contribution in [0, 0.1) is 0 Å². The highest BCUT2D eigenvalue weighted by molar-refractivity contribution is 5.71. The van der Waals surface area contributed by atoms with Crippen LogP contribution in [0.1, 0.15) is 51.3 Å². The van der Waals surface area contributed by atoms with Crippen LogP contribution in [0.25, 0.3) is 0 Å². The molecule has 138 valence electrons. The van der Waals surface area contributed by atoms with Crippen LogP contribution in [0.5, 0.6) is 5.75 Å². The van der Waals surface area contributed by atoms with Crippen LogP contribution in [0.2, 0.25) is 0 Å². The Kier molecular flexibility index (Phi) is 5.60. The highest BCUT2D eigenvalue weighted by Crippen LogP contribution is 2.37. The number of benzene rings is 1. The molecule has 6 nitrogen and oxygen atoms in total. The van der Waals surface area contributed by atoms with Gasteiger partial charge in [-0.15, -0.1) is 0 Å². The third kappa shape index (κ3) is 4.65. The lowest BCUT2D eigenvalue weighted by Gasteiger charge is -2.29. The van der Waals surface area contributed by atoms with Crippen molar-refractivity contribution in [2.45, 2.75) is 52.2 Å². The standard InChI is InChI=1S/C19H28N2O4/c1-7-20(5)17(22)24-14-10-8-13-9-11-16(15(13)12-14)21(6)18(23)25-19(2,3)4/h8,10,12,16H,7,9,11H2,1-6H3. The van der Waals surface area contributed by atoms with Crippen LogP contribution in [0.4, 0.5) is 9.59 Å². The Balaban J connectivity index is 2.16. The first-order chi connectivity index (χ1) is 11.6. The van der Waals surface area contributed by atoms with Gasteiger partial charge >= 0.3 is 12.2 Å². The van der Waals surface area contributed by atoms with Gasteiger partial charge in [-0.25, -0.2) is 9.59 Å². The van der Waals surface area contributed by atoms with Gasteiger partial charge in [0, 0.05) is 20.6 Å². The lowest BCUT2D eigenvalue weighted by Crippen LogP contribution is -2.36. The van der Waals surface area contributed by atoms with E-state index in [1.54, 1.807) is 25.1 Å². The van der Waals surface area contributed by atoms with Gasteiger partial charge in [0.15, 0.2) is 0 Å². The number of ether oxygens (including phenoxy) is 2. The molecule has 1 unspecified atom stereocenters. The Morgan fingerprint density at radius 2 is 1.88 bits per heavy atom. The summed E-state index contributed by atoms with van der Waals surface area (Å²) in [7, 11) is 3.44. The third-order valence-electron chi connectivity index (χ3n) is 4.30. The Morgan fingerprint density at radius 3 is 2.48 bits per heavy atom. The molecule has 2 amide bonds. The topological polar surface area (TPSA) is 59.1 Å². The summed E-state index contributed by atoms with van der Waals surface area (Å²) in [5.74, 6) is 0.494. The number of aryl methyl sites for hydroxylation is 1. The molecule has 0 heterocycles. The number of fused-ring (bicyclic) bond motifs is 1. The molecule has 1 aliphatic carbocycles. The summed E-state index contributed by atoms with van der Waals surface area (Å²) in [5.41, 5.74) is 1.65. The molecule has 0 radical (unpaired) electrons. The minimum Gasteiger partial charge on any atom is -0.444 e. The van der Waals surface area contributed by atoms with Gasteiger partial charge < -0.3 is 19.3 Å². The summed E-state index contributed by atoms with van der Waals surface area (Å²) in [6.07, 6.45) is 0.976. The van der Waals surface area contributed by atoms with E-state index >= 15 is 0 Å². The Hall–Kier alpha value is -2.24. The Morgan fingerprint density at radius 1 is 1.20 bits per heavy atom. The predicted octanol–water partition coefficient (Wildman–Crippen LogP) is 3.99. The van der Waals surface area contributed by atoms with Crippen LogP contribution in [-0.4, -0.2) is 48.2 Å². The normalized spacial score (nSPS) is 16.2. The molecule has 25 heavy (non-hydrogen) atoms. The van der Waals surface area contributed by atoms with Gasteiger partial charge in [0.2, 0.25) is 0 Å². The second-order valence-electron chi connectivity index (χ2n) is 7.39. The van der Waals surface area contributed by atoms with E-state index in [4.69, 9.17) is 9.47 Å². The summed E-state index contributed by atoms with van der Waals surface area (Å²) in [4.78, 5) is 27.4. The first kappa shape index (κ1) is 19.1. The molecule has 1 aromatic carbocycles. The molecule has 0 N–H and O–H groups in total. The number of hydrogen-bond donors (Lipinski definition) is 0. The van der Waals surface area contributed by atoms with Crippen LogP contribution < -0.4 is 4.74 Å². The summed E-state index contributed by atoms with van der Waals surface area (Å²) in [5, 5.41) is 0. The fourth-order valence-corrected chi connectivity index (χ4v) is 2.79.